The zero-order valence-corrected chi connectivity index (χ0v) is 8.65. The van der Waals surface area contributed by atoms with Crippen molar-refractivity contribution in [1.29, 1.82) is 0 Å². The highest BCUT2D eigenvalue weighted by molar-refractivity contribution is 6.31. The first-order valence-corrected chi connectivity index (χ1v) is 5.29. The van der Waals surface area contributed by atoms with E-state index in [-0.39, 0.29) is 5.82 Å². The Labute approximate surface area is 88.3 Å². The first-order chi connectivity index (χ1) is 6.77. The number of halogens is 2. The summed E-state index contributed by atoms with van der Waals surface area (Å²) >= 11 is 5.88. The molecule has 0 aliphatic carbocycles. The number of benzene rings is 1. The van der Waals surface area contributed by atoms with Gasteiger partial charge in [-0.25, -0.2) is 4.39 Å². The van der Waals surface area contributed by atoms with E-state index < -0.39 is 0 Å². The molecule has 1 N–H and O–H groups in total. The van der Waals surface area contributed by atoms with Crippen molar-refractivity contribution in [3.63, 3.8) is 0 Å². The highest BCUT2D eigenvalue weighted by Crippen LogP contribution is 2.24. The van der Waals surface area contributed by atoms with Crippen molar-refractivity contribution in [2.45, 2.75) is 12.8 Å². The summed E-state index contributed by atoms with van der Waals surface area (Å²) in [7, 11) is 0. The molecule has 0 spiro atoms. The third-order valence-corrected chi connectivity index (χ3v) is 3.13. The van der Waals surface area contributed by atoms with Gasteiger partial charge >= 0.3 is 0 Å². The van der Waals surface area contributed by atoms with E-state index in [1.165, 1.54) is 6.07 Å². The van der Waals surface area contributed by atoms with Crippen LogP contribution in [0.15, 0.2) is 18.2 Å². The molecule has 1 aliphatic rings. The van der Waals surface area contributed by atoms with Crippen LogP contribution in [0.4, 0.5) is 4.39 Å². The van der Waals surface area contributed by atoms with E-state index in [9.17, 15) is 4.39 Å². The molecule has 1 nitrogen and oxygen atoms in total. The van der Waals surface area contributed by atoms with Crippen molar-refractivity contribution < 1.29 is 4.39 Å². The van der Waals surface area contributed by atoms with Crippen LogP contribution in [0.25, 0.3) is 0 Å². The highest BCUT2D eigenvalue weighted by Gasteiger charge is 2.16. The van der Waals surface area contributed by atoms with E-state index in [2.05, 4.69) is 5.32 Å². The van der Waals surface area contributed by atoms with Gasteiger partial charge in [-0.2, -0.15) is 0 Å². The summed E-state index contributed by atoms with van der Waals surface area (Å²) in [4.78, 5) is 0. The van der Waals surface area contributed by atoms with Crippen LogP contribution in [0, 0.1) is 11.7 Å². The molecule has 1 unspecified atom stereocenters. The molecule has 1 aromatic rings. The van der Waals surface area contributed by atoms with Crippen LogP contribution >= 0.6 is 11.6 Å². The summed E-state index contributed by atoms with van der Waals surface area (Å²) < 4.78 is 13.1. The van der Waals surface area contributed by atoms with E-state index in [1.54, 1.807) is 6.07 Å². The molecule has 0 radical (unpaired) electrons. The Morgan fingerprint density at radius 1 is 1.50 bits per heavy atom. The van der Waals surface area contributed by atoms with Gasteiger partial charge in [0.2, 0.25) is 0 Å². The van der Waals surface area contributed by atoms with Gasteiger partial charge in [0, 0.05) is 0 Å². The third kappa shape index (κ3) is 2.07. The zero-order valence-electron chi connectivity index (χ0n) is 7.89. The van der Waals surface area contributed by atoms with Crippen LogP contribution in [0.5, 0.6) is 0 Å². The summed E-state index contributed by atoms with van der Waals surface area (Å²) in [6.45, 7) is 2.09. The van der Waals surface area contributed by atoms with E-state index >= 15 is 0 Å². The molecule has 1 aliphatic heterocycles. The first-order valence-electron chi connectivity index (χ1n) is 4.91. The van der Waals surface area contributed by atoms with Crippen LogP contribution in [-0.4, -0.2) is 13.1 Å². The van der Waals surface area contributed by atoms with Crippen LogP contribution in [0.3, 0.4) is 0 Å². The fourth-order valence-corrected chi connectivity index (χ4v) is 2.11. The molecule has 0 bridgehead atoms. The minimum atomic E-state index is -0.310. The van der Waals surface area contributed by atoms with E-state index in [0.29, 0.717) is 10.9 Å². The van der Waals surface area contributed by atoms with Crippen LogP contribution in [0.2, 0.25) is 5.02 Å². The highest BCUT2D eigenvalue weighted by atomic mass is 35.5. The van der Waals surface area contributed by atoms with Gasteiger partial charge in [-0.15, -0.1) is 0 Å². The standard InChI is InChI=1S/C11H13ClFN/c12-11-9(2-1-3-10(11)13)6-8-4-5-14-7-8/h1-3,8,14H,4-7H2. The zero-order chi connectivity index (χ0) is 9.97. The Kier molecular flexibility index (Phi) is 3.04. The van der Waals surface area contributed by atoms with E-state index in [4.69, 9.17) is 11.6 Å². The molecule has 1 fully saturated rings. The van der Waals surface area contributed by atoms with Gasteiger partial charge in [-0.05, 0) is 43.5 Å². The Morgan fingerprint density at radius 2 is 2.36 bits per heavy atom. The Morgan fingerprint density at radius 3 is 3.07 bits per heavy atom. The molecule has 14 heavy (non-hydrogen) atoms. The van der Waals surface area contributed by atoms with E-state index in [1.807, 2.05) is 6.07 Å². The van der Waals surface area contributed by atoms with Crippen molar-refractivity contribution in [2.24, 2.45) is 5.92 Å². The fraction of sp³-hybridized carbons (Fsp3) is 0.455. The Balaban J connectivity index is 2.11. The summed E-state index contributed by atoms with van der Waals surface area (Å²) in [6.07, 6.45) is 2.04. The number of nitrogens with one attached hydrogen (secondary N) is 1. The minimum Gasteiger partial charge on any atom is -0.316 e. The fourth-order valence-electron chi connectivity index (χ4n) is 1.91. The van der Waals surface area contributed by atoms with Gasteiger partial charge in [-0.1, -0.05) is 23.7 Å². The monoisotopic (exact) mass is 213 g/mol. The smallest absolute Gasteiger partial charge is 0.142 e. The van der Waals surface area contributed by atoms with Gasteiger partial charge in [-0.3, -0.25) is 0 Å². The summed E-state index contributed by atoms with van der Waals surface area (Å²) in [5, 5.41) is 3.58. The molecule has 3 heteroatoms. The van der Waals surface area contributed by atoms with E-state index in [0.717, 1.165) is 31.5 Å². The maximum Gasteiger partial charge on any atom is 0.142 e. The van der Waals surface area contributed by atoms with Crippen molar-refractivity contribution in [1.82, 2.24) is 5.32 Å². The summed E-state index contributed by atoms with van der Waals surface area (Å²) in [5.41, 5.74) is 0.931. The second-order valence-electron chi connectivity index (χ2n) is 3.78. The van der Waals surface area contributed by atoms with Crippen molar-refractivity contribution in [3.05, 3.63) is 34.6 Å². The number of rotatable bonds is 2. The van der Waals surface area contributed by atoms with Crippen molar-refractivity contribution in [2.75, 3.05) is 13.1 Å². The molecule has 0 amide bonds. The predicted octanol–water partition coefficient (Wildman–Crippen LogP) is 2.63. The van der Waals surface area contributed by atoms with Crippen LogP contribution in [-0.2, 0) is 6.42 Å². The molecule has 1 saturated heterocycles. The van der Waals surface area contributed by atoms with Crippen molar-refractivity contribution >= 4 is 11.6 Å². The molecule has 0 aromatic heterocycles. The Hall–Kier alpha value is -0.600. The second-order valence-corrected chi connectivity index (χ2v) is 4.15. The lowest BCUT2D eigenvalue weighted by Crippen LogP contribution is -2.11. The molecule has 1 aromatic carbocycles. The van der Waals surface area contributed by atoms with Gasteiger partial charge in [0.1, 0.15) is 5.82 Å². The molecule has 0 saturated carbocycles. The molecular formula is C11H13ClFN. The normalized spacial score (nSPS) is 21.4. The summed E-state index contributed by atoms with van der Waals surface area (Å²) in [5.74, 6) is 0.296. The predicted molar refractivity (Wildman–Crippen MR) is 56.1 cm³/mol. The van der Waals surface area contributed by atoms with Gasteiger partial charge in [0.15, 0.2) is 0 Å². The molecule has 1 heterocycles. The lowest BCUT2D eigenvalue weighted by atomic mass is 9.99. The first kappa shape index (κ1) is 9.94. The third-order valence-electron chi connectivity index (χ3n) is 2.70. The van der Waals surface area contributed by atoms with Crippen LogP contribution < -0.4 is 5.32 Å². The molecule has 1 atom stereocenters. The minimum absolute atomic E-state index is 0.291. The average molecular weight is 214 g/mol. The molecule has 76 valence electrons. The van der Waals surface area contributed by atoms with Crippen molar-refractivity contribution in [3.8, 4) is 0 Å². The van der Waals surface area contributed by atoms with Crippen LogP contribution in [0.1, 0.15) is 12.0 Å². The lowest BCUT2D eigenvalue weighted by molar-refractivity contribution is 0.573. The largest absolute Gasteiger partial charge is 0.316 e. The second kappa shape index (κ2) is 4.28. The maximum atomic E-state index is 13.1. The topological polar surface area (TPSA) is 12.0 Å². The average Bonchev–Trinajstić information content (AvgIpc) is 2.66. The lowest BCUT2D eigenvalue weighted by Gasteiger charge is -2.09. The van der Waals surface area contributed by atoms with Gasteiger partial charge in [0.25, 0.3) is 0 Å². The number of hydrogen-bond acceptors (Lipinski definition) is 1. The number of hydrogen-bond donors (Lipinski definition) is 1. The Bertz CT molecular complexity index is 321. The van der Waals surface area contributed by atoms with Gasteiger partial charge in [0.05, 0.1) is 5.02 Å². The SMILES string of the molecule is Fc1cccc(CC2CCNC2)c1Cl. The molecule has 2 rings (SSSR count). The maximum absolute atomic E-state index is 13.1. The van der Waals surface area contributed by atoms with Gasteiger partial charge < -0.3 is 5.32 Å². The summed E-state index contributed by atoms with van der Waals surface area (Å²) in [6, 6.07) is 5.03. The molecular weight excluding hydrogens is 201 g/mol. The quantitative estimate of drug-likeness (QED) is 0.797.